The summed E-state index contributed by atoms with van der Waals surface area (Å²) < 4.78 is 2.21. The Morgan fingerprint density at radius 1 is 1.56 bits per heavy atom. The fourth-order valence-electron chi connectivity index (χ4n) is 3.44. The molecular formula is C12H17N3O. The van der Waals surface area contributed by atoms with Gasteiger partial charge in [-0.1, -0.05) is 12.1 Å². The highest BCUT2D eigenvalue weighted by Crippen LogP contribution is 2.49. The molecule has 0 unspecified atom stereocenters. The highest BCUT2D eigenvalue weighted by molar-refractivity contribution is 5.93. The van der Waals surface area contributed by atoms with Crippen LogP contribution in [0.3, 0.4) is 0 Å². The molecule has 3 atom stereocenters. The first-order valence-electron chi connectivity index (χ1n) is 6.08. The first-order valence-corrected chi connectivity index (χ1v) is 6.08. The van der Waals surface area contributed by atoms with Crippen LogP contribution in [0.15, 0.2) is 17.5 Å². The number of fused-ring (bicyclic) bond motifs is 2. The quantitative estimate of drug-likeness (QED) is 0.612. The average molecular weight is 219 g/mol. The van der Waals surface area contributed by atoms with Crippen molar-refractivity contribution in [2.45, 2.75) is 38.6 Å². The predicted molar refractivity (Wildman–Crippen MR) is 60.7 cm³/mol. The summed E-state index contributed by atoms with van der Waals surface area (Å²) in [5.74, 6) is 2.25. The predicted octanol–water partition coefficient (Wildman–Crippen LogP) is 2.25. The Morgan fingerprint density at radius 3 is 3.19 bits per heavy atom. The second kappa shape index (κ2) is 3.61. The topological polar surface area (TPSA) is 50.4 Å². The zero-order chi connectivity index (χ0) is 11.1. The minimum absolute atomic E-state index is 0.265. The van der Waals surface area contributed by atoms with E-state index in [0.29, 0.717) is 11.8 Å². The molecule has 0 amide bonds. The van der Waals surface area contributed by atoms with E-state index in [1.165, 1.54) is 19.3 Å². The van der Waals surface area contributed by atoms with Gasteiger partial charge < -0.3 is 9.77 Å². The van der Waals surface area contributed by atoms with Gasteiger partial charge in [-0.25, -0.2) is 4.98 Å². The number of imidazole rings is 1. The van der Waals surface area contributed by atoms with E-state index in [2.05, 4.69) is 21.6 Å². The van der Waals surface area contributed by atoms with Gasteiger partial charge in [0.25, 0.3) is 0 Å². The second-order valence-electron chi connectivity index (χ2n) is 4.84. The van der Waals surface area contributed by atoms with Gasteiger partial charge in [-0.3, -0.25) is 0 Å². The summed E-state index contributed by atoms with van der Waals surface area (Å²) in [4.78, 5) is 4.36. The summed E-state index contributed by atoms with van der Waals surface area (Å²) in [5, 5.41) is 12.7. The smallest absolute Gasteiger partial charge is 0.108 e. The molecule has 1 N–H and O–H groups in total. The molecular weight excluding hydrogens is 202 g/mol. The van der Waals surface area contributed by atoms with E-state index >= 15 is 0 Å². The summed E-state index contributed by atoms with van der Waals surface area (Å²) in [5.41, 5.74) is 0.976. The van der Waals surface area contributed by atoms with Crippen LogP contribution in [0.25, 0.3) is 0 Å². The van der Waals surface area contributed by atoms with E-state index < -0.39 is 0 Å². The number of oxime groups is 1. The first-order chi connectivity index (χ1) is 7.85. The molecule has 4 heteroatoms. The van der Waals surface area contributed by atoms with Crippen LogP contribution in [0.2, 0.25) is 0 Å². The standard InChI is InChI=1S/C12H17N3O/c1-2-10-13-5-6-15(10)12-9-4-3-8(7-9)11(12)14-16/h5-6,8-9,12,16H,2-4,7H2,1H3/b14-11-/t8-,9-,12-/m0/s1. The Kier molecular flexibility index (Phi) is 2.23. The summed E-state index contributed by atoms with van der Waals surface area (Å²) in [7, 11) is 0. The molecule has 1 aromatic rings. The molecule has 2 aliphatic carbocycles. The lowest BCUT2D eigenvalue weighted by Crippen LogP contribution is -2.26. The third kappa shape index (κ3) is 1.22. The van der Waals surface area contributed by atoms with E-state index in [9.17, 15) is 5.21 Å². The van der Waals surface area contributed by atoms with Crippen LogP contribution < -0.4 is 0 Å². The molecule has 2 aliphatic rings. The SMILES string of the molecule is CCc1nccn1[C@@H]1/C(=N\O)[C@H]2CC[C@H]1C2. The lowest BCUT2D eigenvalue weighted by Gasteiger charge is -2.25. The summed E-state index contributed by atoms with van der Waals surface area (Å²) in [6.45, 7) is 2.11. The second-order valence-corrected chi connectivity index (χ2v) is 4.84. The maximum Gasteiger partial charge on any atom is 0.108 e. The number of hydrogen-bond acceptors (Lipinski definition) is 3. The molecule has 2 bridgehead atoms. The van der Waals surface area contributed by atoms with Crippen molar-refractivity contribution in [2.75, 3.05) is 0 Å². The number of aromatic nitrogens is 2. The van der Waals surface area contributed by atoms with E-state index in [1.54, 1.807) is 0 Å². The van der Waals surface area contributed by atoms with E-state index in [4.69, 9.17) is 0 Å². The van der Waals surface area contributed by atoms with Gasteiger partial charge >= 0.3 is 0 Å². The third-order valence-corrected chi connectivity index (χ3v) is 4.12. The van der Waals surface area contributed by atoms with Crippen molar-refractivity contribution in [3.8, 4) is 0 Å². The molecule has 2 saturated carbocycles. The molecule has 1 heterocycles. The summed E-state index contributed by atoms with van der Waals surface area (Å²) in [6.07, 6.45) is 8.44. The van der Waals surface area contributed by atoms with E-state index in [1.807, 2.05) is 12.4 Å². The Balaban J connectivity index is 2.00. The zero-order valence-electron chi connectivity index (χ0n) is 9.50. The summed E-state index contributed by atoms with van der Waals surface area (Å²) >= 11 is 0. The Bertz CT molecular complexity index is 424. The van der Waals surface area contributed by atoms with Crippen LogP contribution in [-0.4, -0.2) is 20.5 Å². The van der Waals surface area contributed by atoms with Crippen molar-refractivity contribution >= 4 is 5.71 Å². The fourth-order valence-corrected chi connectivity index (χ4v) is 3.44. The van der Waals surface area contributed by atoms with Gasteiger partial charge in [0, 0.05) is 24.7 Å². The van der Waals surface area contributed by atoms with Gasteiger partial charge in [-0.05, 0) is 25.2 Å². The molecule has 0 spiro atoms. The maximum atomic E-state index is 9.18. The number of hydrogen-bond donors (Lipinski definition) is 1. The van der Waals surface area contributed by atoms with Gasteiger partial charge in [0.15, 0.2) is 0 Å². The molecule has 86 valence electrons. The summed E-state index contributed by atoms with van der Waals surface area (Å²) in [6, 6.07) is 0.265. The van der Waals surface area contributed by atoms with Gasteiger partial charge in [0.1, 0.15) is 5.82 Å². The van der Waals surface area contributed by atoms with Crippen LogP contribution in [0, 0.1) is 11.8 Å². The van der Waals surface area contributed by atoms with Crippen molar-refractivity contribution < 1.29 is 5.21 Å². The van der Waals surface area contributed by atoms with Gasteiger partial charge in [-0.15, -0.1) is 0 Å². The molecule has 3 rings (SSSR count). The van der Waals surface area contributed by atoms with Crippen molar-refractivity contribution in [1.29, 1.82) is 0 Å². The molecule has 1 aromatic heterocycles. The van der Waals surface area contributed by atoms with Crippen molar-refractivity contribution in [3.63, 3.8) is 0 Å². The zero-order valence-corrected chi connectivity index (χ0v) is 9.50. The van der Waals surface area contributed by atoms with E-state index in [0.717, 1.165) is 18.0 Å². The molecule has 0 aliphatic heterocycles. The van der Waals surface area contributed by atoms with Gasteiger partial charge in [-0.2, -0.15) is 0 Å². The molecule has 0 radical (unpaired) electrons. The van der Waals surface area contributed by atoms with Gasteiger partial charge in [0.05, 0.1) is 11.8 Å². The van der Waals surface area contributed by atoms with Crippen molar-refractivity contribution in [3.05, 3.63) is 18.2 Å². The van der Waals surface area contributed by atoms with Gasteiger partial charge in [0.2, 0.25) is 0 Å². The lowest BCUT2D eigenvalue weighted by atomic mass is 9.93. The van der Waals surface area contributed by atoms with Crippen LogP contribution >= 0.6 is 0 Å². The van der Waals surface area contributed by atoms with Crippen LogP contribution in [0.1, 0.15) is 38.1 Å². The Hall–Kier alpha value is -1.32. The van der Waals surface area contributed by atoms with E-state index in [-0.39, 0.29) is 6.04 Å². The van der Waals surface area contributed by atoms with Crippen molar-refractivity contribution in [2.24, 2.45) is 17.0 Å². The maximum absolute atomic E-state index is 9.18. The van der Waals surface area contributed by atoms with Crippen LogP contribution in [0.5, 0.6) is 0 Å². The Labute approximate surface area is 95.0 Å². The fraction of sp³-hybridized carbons (Fsp3) is 0.667. The highest BCUT2D eigenvalue weighted by Gasteiger charge is 2.46. The first kappa shape index (κ1) is 9.87. The average Bonchev–Trinajstić information content (AvgIpc) is 3.01. The highest BCUT2D eigenvalue weighted by atomic mass is 16.4. The molecule has 4 nitrogen and oxygen atoms in total. The van der Waals surface area contributed by atoms with Crippen molar-refractivity contribution in [1.82, 2.24) is 9.55 Å². The van der Waals surface area contributed by atoms with Crippen LogP contribution in [-0.2, 0) is 6.42 Å². The molecule has 2 fully saturated rings. The normalized spacial score (nSPS) is 35.1. The largest absolute Gasteiger partial charge is 0.411 e. The molecule has 0 aromatic carbocycles. The third-order valence-electron chi connectivity index (χ3n) is 4.12. The monoisotopic (exact) mass is 219 g/mol. The molecule has 16 heavy (non-hydrogen) atoms. The number of rotatable bonds is 2. The minimum Gasteiger partial charge on any atom is -0.411 e. The lowest BCUT2D eigenvalue weighted by molar-refractivity contribution is 0.306. The Morgan fingerprint density at radius 2 is 2.44 bits per heavy atom. The molecule has 0 saturated heterocycles. The minimum atomic E-state index is 0.265. The van der Waals surface area contributed by atoms with Crippen LogP contribution in [0.4, 0.5) is 0 Å². The number of aryl methyl sites for hydroxylation is 1. The number of nitrogens with zero attached hydrogens (tertiary/aromatic N) is 3.